The van der Waals surface area contributed by atoms with Gasteiger partial charge in [0.1, 0.15) is 0 Å². The topological polar surface area (TPSA) is 77.2 Å². The molecule has 0 aromatic heterocycles. The van der Waals surface area contributed by atoms with E-state index in [-0.39, 0.29) is 17.5 Å². The Balaban J connectivity index is 1.25. The maximum Gasteiger partial charge on any atom is 0.220 e. The van der Waals surface area contributed by atoms with E-state index in [4.69, 9.17) is 0 Å². The van der Waals surface area contributed by atoms with Crippen LogP contribution < -0.4 is 26.8 Å². The van der Waals surface area contributed by atoms with Crippen molar-refractivity contribution in [2.24, 2.45) is 35.0 Å². The van der Waals surface area contributed by atoms with Crippen molar-refractivity contribution in [3.05, 3.63) is 0 Å². The summed E-state index contributed by atoms with van der Waals surface area (Å²) in [6, 6.07) is 0.954. The van der Waals surface area contributed by atoms with E-state index in [1.807, 2.05) is 0 Å². The van der Waals surface area contributed by atoms with Gasteiger partial charge in [0.2, 0.25) is 5.91 Å². The number of hydrazine groups is 1. The van der Waals surface area contributed by atoms with Gasteiger partial charge in [-0.25, -0.2) is 0 Å². The molecule has 38 heavy (non-hydrogen) atoms. The molecule has 0 radical (unpaired) electrons. The van der Waals surface area contributed by atoms with Crippen molar-refractivity contribution in [1.82, 2.24) is 26.8 Å². The molecule has 6 fully saturated rings. The molecule has 218 valence electrons. The average Bonchev–Trinajstić information content (AvgIpc) is 3.22. The quantitative estimate of drug-likeness (QED) is 0.350. The van der Waals surface area contributed by atoms with E-state index >= 15 is 0 Å². The molecule has 6 rings (SSSR count). The average molecular weight is 530 g/mol. The van der Waals surface area contributed by atoms with Crippen LogP contribution in [0.2, 0.25) is 0 Å². The van der Waals surface area contributed by atoms with Crippen LogP contribution >= 0.6 is 0 Å². The highest BCUT2D eigenvalue weighted by atomic mass is 16.1. The van der Waals surface area contributed by atoms with Crippen molar-refractivity contribution in [3.63, 3.8) is 0 Å². The van der Waals surface area contributed by atoms with E-state index in [2.05, 4.69) is 47.6 Å². The van der Waals surface area contributed by atoms with Crippen LogP contribution in [0.3, 0.4) is 0 Å². The molecule has 1 amide bonds. The second-order valence-electron chi connectivity index (χ2n) is 14.4. The van der Waals surface area contributed by atoms with Crippen LogP contribution in [0.4, 0.5) is 0 Å². The van der Waals surface area contributed by atoms with Crippen LogP contribution in [0.1, 0.15) is 117 Å². The van der Waals surface area contributed by atoms with Crippen molar-refractivity contribution in [1.29, 1.82) is 0 Å². The summed E-state index contributed by atoms with van der Waals surface area (Å²) in [4.78, 5) is 12.2. The second kappa shape index (κ2) is 12.9. The van der Waals surface area contributed by atoms with Crippen molar-refractivity contribution < 1.29 is 4.79 Å². The van der Waals surface area contributed by atoms with Gasteiger partial charge in [0, 0.05) is 30.6 Å². The lowest BCUT2D eigenvalue weighted by Gasteiger charge is -2.62. The van der Waals surface area contributed by atoms with Crippen LogP contribution in [-0.2, 0) is 4.79 Å². The fourth-order valence-corrected chi connectivity index (χ4v) is 10.1. The van der Waals surface area contributed by atoms with Gasteiger partial charge in [0.15, 0.2) is 0 Å². The molecule has 2 bridgehead atoms. The lowest BCUT2D eigenvalue weighted by atomic mass is 9.47. The van der Waals surface area contributed by atoms with E-state index in [1.165, 1.54) is 83.5 Å². The normalized spacial score (nSPS) is 42.4. The van der Waals surface area contributed by atoms with E-state index in [0.29, 0.717) is 17.9 Å². The maximum atomic E-state index is 12.2. The van der Waals surface area contributed by atoms with Gasteiger partial charge in [-0.3, -0.25) is 15.6 Å². The molecular weight excluding hydrogens is 470 g/mol. The van der Waals surface area contributed by atoms with Gasteiger partial charge in [-0.1, -0.05) is 6.92 Å². The summed E-state index contributed by atoms with van der Waals surface area (Å²) < 4.78 is 0. The standard InChI is InChI=1S/C32H59N5O/c1-23(2)36-30(38)9-6-8-24-11-13-28-27-12-10-25-22-26-14-17-32(25,29(27)15-16-31(24,28)3)37-35-21-5-4-18-33-19-7-20-34-26/h23-29,33-35,37H,4-22H2,1-3H3,(H,36,38)/t24-,25?,26?,27?,28?,29?,31?,32+/m0/s1. The fraction of sp³-hybridized carbons (Fsp3) is 0.969. The summed E-state index contributed by atoms with van der Waals surface area (Å²) >= 11 is 0. The van der Waals surface area contributed by atoms with E-state index in [0.717, 1.165) is 62.2 Å². The molecule has 1 spiro atoms. The van der Waals surface area contributed by atoms with E-state index < -0.39 is 0 Å². The second-order valence-corrected chi connectivity index (χ2v) is 14.4. The van der Waals surface area contributed by atoms with Crippen molar-refractivity contribution in [2.75, 3.05) is 26.2 Å². The fourth-order valence-electron chi connectivity index (χ4n) is 10.1. The first-order chi connectivity index (χ1) is 18.4. The van der Waals surface area contributed by atoms with Crippen LogP contribution in [0, 0.1) is 35.0 Å². The zero-order chi connectivity index (χ0) is 26.6. The Kier molecular flexibility index (Phi) is 9.76. The summed E-state index contributed by atoms with van der Waals surface area (Å²) in [5.41, 5.74) is 8.68. The largest absolute Gasteiger partial charge is 0.354 e. The predicted octanol–water partition coefficient (Wildman–Crippen LogP) is 4.90. The first-order valence-electron chi connectivity index (χ1n) is 16.7. The van der Waals surface area contributed by atoms with Crippen molar-refractivity contribution in [2.45, 2.75) is 135 Å². The predicted molar refractivity (Wildman–Crippen MR) is 157 cm³/mol. The highest BCUT2D eigenvalue weighted by Crippen LogP contribution is 2.65. The maximum absolute atomic E-state index is 12.2. The molecule has 6 heteroatoms. The van der Waals surface area contributed by atoms with E-state index in [1.54, 1.807) is 0 Å². The Morgan fingerprint density at radius 2 is 1.76 bits per heavy atom. The molecule has 6 aliphatic rings. The first-order valence-corrected chi connectivity index (χ1v) is 16.7. The monoisotopic (exact) mass is 529 g/mol. The molecule has 2 saturated heterocycles. The van der Waals surface area contributed by atoms with Gasteiger partial charge in [-0.2, -0.15) is 0 Å². The van der Waals surface area contributed by atoms with Crippen LogP contribution in [0.15, 0.2) is 0 Å². The van der Waals surface area contributed by atoms with Crippen LogP contribution in [0.25, 0.3) is 0 Å². The lowest BCUT2D eigenvalue weighted by Crippen LogP contribution is -2.69. The molecular formula is C32H59N5O. The number of fused-ring (bicyclic) bond motifs is 14. The van der Waals surface area contributed by atoms with Gasteiger partial charge >= 0.3 is 0 Å². The minimum atomic E-state index is 0.241. The molecule has 5 N–H and O–H groups in total. The van der Waals surface area contributed by atoms with Gasteiger partial charge in [0.05, 0.1) is 0 Å². The highest BCUT2D eigenvalue weighted by Gasteiger charge is 2.61. The number of hydrogen-bond donors (Lipinski definition) is 5. The zero-order valence-corrected chi connectivity index (χ0v) is 24.9. The Morgan fingerprint density at radius 3 is 2.63 bits per heavy atom. The van der Waals surface area contributed by atoms with Gasteiger partial charge in [-0.15, -0.1) is 0 Å². The zero-order valence-electron chi connectivity index (χ0n) is 24.9. The third-order valence-electron chi connectivity index (χ3n) is 11.9. The summed E-state index contributed by atoms with van der Waals surface area (Å²) in [6.45, 7) is 11.3. The third kappa shape index (κ3) is 6.14. The summed E-state index contributed by atoms with van der Waals surface area (Å²) in [5, 5.41) is 10.7. The number of amides is 1. The smallest absolute Gasteiger partial charge is 0.220 e. The number of nitrogens with one attached hydrogen (secondary N) is 5. The summed E-state index contributed by atoms with van der Waals surface area (Å²) in [5.74, 6) is 4.43. The van der Waals surface area contributed by atoms with Gasteiger partial charge < -0.3 is 16.0 Å². The van der Waals surface area contributed by atoms with Crippen molar-refractivity contribution >= 4 is 5.91 Å². The SMILES string of the molecule is CC(C)NC(=O)CCC[C@H]1CCC2C3CCC4CC5CC[C@]4(NNCCCCNCCCN5)C3CCC21C. The third-order valence-corrected chi connectivity index (χ3v) is 11.9. The molecule has 4 aliphatic carbocycles. The van der Waals surface area contributed by atoms with Crippen LogP contribution in [0.5, 0.6) is 0 Å². The molecule has 2 heterocycles. The number of carbonyl (C=O) groups is 1. The van der Waals surface area contributed by atoms with Crippen molar-refractivity contribution in [3.8, 4) is 0 Å². The Labute approximate surface area is 233 Å². The molecule has 8 atom stereocenters. The number of rotatable bonds is 5. The number of hydrogen-bond acceptors (Lipinski definition) is 5. The molecule has 0 aromatic rings. The molecule has 6 unspecified atom stereocenters. The number of carbonyl (C=O) groups excluding carboxylic acids is 1. The molecule has 0 aromatic carbocycles. The first kappa shape index (κ1) is 28.8. The van der Waals surface area contributed by atoms with Crippen LogP contribution in [-0.4, -0.2) is 49.7 Å². The lowest BCUT2D eigenvalue weighted by molar-refractivity contribution is -0.121. The minimum absolute atomic E-state index is 0.241. The van der Waals surface area contributed by atoms with Gasteiger partial charge in [0.25, 0.3) is 0 Å². The molecule has 4 saturated carbocycles. The minimum Gasteiger partial charge on any atom is -0.354 e. The van der Waals surface area contributed by atoms with E-state index in [9.17, 15) is 4.79 Å². The summed E-state index contributed by atoms with van der Waals surface area (Å²) in [7, 11) is 0. The molecule has 2 aliphatic heterocycles. The van der Waals surface area contributed by atoms with Gasteiger partial charge in [-0.05, 0) is 158 Å². The Morgan fingerprint density at radius 1 is 0.921 bits per heavy atom. The molecule has 6 nitrogen and oxygen atoms in total. The Hall–Kier alpha value is -0.690. The summed E-state index contributed by atoms with van der Waals surface area (Å²) in [6.07, 6.45) is 19.2. The highest BCUT2D eigenvalue weighted by molar-refractivity contribution is 5.76. The Bertz CT molecular complexity index is 771.